The zero-order chi connectivity index (χ0) is 34.1. The number of rotatable bonds is 15. The zero-order valence-corrected chi connectivity index (χ0v) is 28.2. The number of methoxy groups -OCH3 is 2. The number of amides is 1. The Labute approximate surface area is 272 Å². The summed E-state index contributed by atoms with van der Waals surface area (Å²) in [6.07, 6.45) is 4.14. The number of Topliss-reactive ketones (excluding diaryl/α,β-unsaturated/α-hetero) is 1. The molecule has 1 heterocycles. The maximum Gasteiger partial charge on any atom is 0.344 e. The van der Waals surface area contributed by atoms with Crippen molar-refractivity contribution in [2.24, 2.45) is 5.41 Å². The van der Waals surface area contributed by atoms with E-state index in [0.29, 0.717) is 55.8 Å². The van der Waals surface area contributed by atoms with E-state index in [-0.39, 0.29) is 19.1 Å². The molecule has 252 valence electrons. The van der Waals surface area contributed by atoms with E-state index in [9.17, 15) is 24.3 Å². The van der Waals surface area contributed by atoms with Gasteiger partial charge in [-0.05, 0) is 107 Å². The Balaban J connectivity index is 1.80. The highest BCUT2D eigenvalue weighted by atomic mass is 16.6. The van der Waals surface area contributed by atoms with Gasteiger partial charge in [0.1, 0.15) is 17.4 Å². The Kier molecular flexibility index (Phi) is 12.6. The Morgan fingerprint density at radius 3 is 2.30 bits per heavy atom. The number of likely N-dealkylation sites (tertiary alicyclic amines) is 1. The van der Waals surface area contributed by atoms with Gasteiger partial charge in [0.2, 0.25) is 5.78 Å². The second-order valence-corrected chi connectivity index (χ2v) is 13.5. The molecule has 3 rings (SSSR count). The summed E-state index contributed by atoms with van der Waals surface area (Å²) in [6, 6.07) is 12.4. The molecule has 0 radical (unpaired) electrons. The summed E-state index contributed by atoms with van der Waals surface area (Å²) in [4.78, 5) is 52.1. The number of carbonyl (C=O) groups excluding carboxylic acids is 3. The predicted molar refractivity (Wildman–Crippen MR) is 173 cm³/mol. The highest BCUT2D eigenvalue weighted by Crippen LogP contribution is 2.36. The number of ether oxygens (including phenoxy) is 4. The van der Waals surface area contributed by atoms with E-state index in [1.807, 2.05) is 36.4 Å². The molecule has 10 heteroatoms. The third kappa shape index (κ3) is 10.2. The Bertz CT molecular complexity index is 1380. The number of carboxylic acids is 1. The monoisotopic (exact) mass is 639 g/mol. The molecule has 46 heavy (non-hydrogen) atoms. The first-order chi connectivity index (χ1) is 21.6. The van der Waals surface area contributed by atoms with Crippen LogP contribution in [-0.2, 0) is 30.3 Å². The van der Waals surface area contributed by atoms with E-state index >= 15 is 0 Å². The van der Waals surface area contributed by atoms with E-state index < -0.39 is 40.7 Å². The largest absolute Gasteiger partial charge is 0.493 e. The lowest BCUT2D eigenvalue weighted by Crippen LogP contribution is -2.52. The summed E-state index contributed by atoms with van der Waals surface area (Å²) >= 11 is 0. The van der Waals surface area contributed by atoms with Gasteiger partial charge in [0, 0.05) is 12.0 Å². The molecule has 0 saturated carbocycles. The third-order valence-corrected chi connectivity index (χ3v) is 8.31. The minimum Gasteiger partial charge on any atom is -0.493 e. The number of aliphatic carboxylic acids is 1. The van der Waals surface area contributed by atoms with Gasteiger partial charge in [-0.3, -0.25) is 9.59 Å². The normalized spacial score (nSPS) is 15.9. The van der Waals surface area contributed by atoms with Crippen molar-refractivity contribution in [3.8, 4) is 17.2 Å². The second-order valence-electron chi connectivity index (χ2n) is 13.5. The van der Waals surface area contributed by atoms with Crippen LogP contribution in [0.2, 0.25) is 0 Å². The van der Waals surface area contributed by atoms with Gasteiger partial charge in [-0.15, -0.1) is 0 Å². The molecule has 0 bridgehead atoms. The number of carboxylic acid groups (broad SMARTS) is 1. The average molecular weight is 640 g/mol. The van der Waals surface area contributed by atoms with Crippen LogP contribution in [0.5, 0.6) is 17.2 Å². The molecular weight excluding hydrogens is 590 g/mol. The zero-order valence-electron chi connectivity index (χ0n) is 28.2. The van der Waals surface area contributed by atoms with E-state index in [1.165, 1.54) is 4.90 Å². The molecule has 1 aliphatic heterocycles. The van der Waals surface area contributed by atoms with Crippen molar-refractivity contribution in [1.29, 1.82) is 0 Å². The van der Waals surface area contributed by atoms with Gasteiger partial charge in [-0.1, -0.05) is 32.0 Å². The fraction of sp³-hybridized carbons (Fsp3) is 0.556. The number of hydrogen-bond donors (Lipinski definition) is 1. The van der Waals surface area contributed by atoms with E-state index in [2.05, 4.69) is 0 Å². The molecule has 1 N–H and O–H groups in total. The molecule has 2 atom stereocenters. The van der Waals surface area contributed by atoms with Crippen LogP contribution in [0.1, 0.15) is 90.2 Å². The smallest absolute Gasteiger partial charge is 0.344 e. The molecule has 1 fully saturated rings. The molecule has 2 aromatic rings. The molecule has 1 aliphatic rings. The summed E-state index contributed by atoms with van der Waals surface area (Å²) in [7, 11) is 3.18. The quantitative estimate of drug-likeness (QED) is 0.185. The highest BCUT2D eigenvalue weighted by molar-refractivity contribution is 6.38. The van der Waals surface area contributed by atoms with Crippen molar-refractivity contribution in [2.45, 2.75) is 97.1 Å². The molecule has 1 saturated heterocycles. The summed E-state index contributed by atoms with van der Waals surface area (Å²) in [5, 5.41) is 9.64. The van der Waals surface area contributed by atoms with Crippen LogP contribution in [0.15, 0.2) is 42.5 Å². The molecule has 1 amide bonds. The van der Waals surface area contributed by atoms with E-state index in [1.54, 1.807) is 54.9 Å². The Hall–Kier alpha value is -4.08. The predicted octanol–water partition coefficient (Wildman–Crippen LogP) is 5.98. The SMILES string of the molecule is COc1ccc(CC[C@H](CCC(C)(C)C(=O)C(=O)N2CCCCC2C(=O)O)c2cccc(OCC(=O)OC(C)(C)C)c2)cc1OC. The van der Waals surface area contributed by atoms with Gasteiger partial charge < -0.3 is 29.0 Å². The summed E-state index contributed by atoms with van der Waals surface area (Å²) < 4.78 is 22.0. The first-order valence-electron chi connectivity index (χ1n) is 15.9. The molecule has 10 nitrogen and oxygen atoms in total. The van der Waals surface area contributed by atoms with E-state index in [0.717, 1.165) is 17.5 Å². The van der Waals surface area contributed by atoms with Crippen molar-refractivity contribution in [2.75, 3.05) is 27.4 Å². The lowest BCUT2D eigenvalue weighted by Gasteiger charge is -2.35. The van der Waals surface area contributed by atoms with Gasteiger partial charge in [0.15, 0.2) is 18.1 Å². The average Bonchev–Trinajstić information content (AvgIpc) is 3.02. The molecular formula is C36H49NO9. The van der Waals surface area contributed by atoms with Gasteiger partial charge in [-0.2, -0.15) is 0 Å². The lowest BCUT2D eigenvalue weighted by molar-refractivity contribution is -0.158. The minimum atomic E-state index is -1.08. The third-order valence-electron chi connectivity index (χ3n) is 8.31. The first-order valence-corrected chi connectivity index (χ1v) is 15.9. The van der Waals surface area contributed by atoms with Crippen molar-refractivity contribution < 1.29 is 43.2 Å². The number of benzene rings is 2. The van der Waals surface area contributed by atoms with Crippen LogP contribution in [0, 0.1) is 5.41 Å². The van der Waals surface area contributed by atoms with Gasteiger partial charge in [0.05, 0.1) is 14.2 Å². The first kappa shape index (κ1) is 36.4. The van der Waals surface area contributed by atoms with Crippen molar-refractivity contribution >= 4 is 23.6 Å². The number of carbonyl (C=O) groups is 4. The van der Waals surface area contributed by atoms with E-state index in [4.69, 9.17) is 18.9 Å². The standard InChI is InChI=1S/C36H49NO9/c1-35(2,3)46-31(38)23-45-27-12-10-11-26(22-27)25(16-14-24-15-17-29(43-6)30(21-24)44-7)18-19-36(4,5)32(39)33(40)37-20-9-8-13-28(37)34(41)42/h10-12,15,17,21-22,25,28H,8-9,13-14,16,18-20,23H2,1-7H3,(H,41,42)/t25-,28?/m1/s1. The second kappa shape index (κ2) is 16.0. The molecule has 0 aromatic heterocycles. The summed E-state index contributed by atoms with van der Waals surface area (Å²) in [5.74, 6) is -1.07. The van der Waals surface area contributed by atoms with Crippen LogP contribution < -0.4 is 14.2 Å². The van der Waals surface area contributed by atoms with Crippen LogP contribution in [0.25, 0.3) is 0 Å². The number of aryl methyl sites for hydroxylation is 1. The molecule has 2 aromatic carbocycles. The Morgan fingerprint density at radius 2 is 1.65 bits per heavy atom. The minimum absolute atomic E-state index is 0.0258. The van der Waals surface area contributed by atoms with Crippen molar-refractivity contribution in [3.63, 3.8) is 0 Å². The van der Waals surface area contributed by atoms with Gasteiger partial charge >= 0.3 is 11.9 Å². The number of esters is 1. The maximum atomic E-state index is 13.5. The number of piperidine rings is 1. The number of ketones is 1. The number of nitrogens with zero attached hydrogens (tertiary/aromatic N) is 1. The fourth-order valence-corrected chi connectivity index (χ4v) is 5.73. The maximum absolute atomic E-state index is 13.5. The van der Waals surface area contributed by atoms with Crippen LogP contribution in [0.4, 0.5) is 0 Å². The van der Waals surface area contributed by atoms with Gasteiger partial charge in [-0.25, -0.2) is 9.59 Å². The van der Waals surface area contributed by atoms with Gasteiger partial charge in [0.25, 0.3) is 5.91 Å². The van der Waals surface area contributed by atoms with Crippen LogP contribution in [0.3, 0.4) is 0 Å². The van der Waals surface area contributed by atoms with Crippen molar-refractivity contribution in [3.05, 3.63) is 53.6 Å². The molecule has 0 aliphatic carbocycles. The molecule has 1 unspecified atom stereocenters. The fourth-order valence-electron chi connectivity index (χ4n) is 5.73. The van der Waals surface area contributed by atoms with Crippen LogP contribution in [-0.4, -0.2) is 72.6 Å². The van der Waals surface area contributed by atoms with Crippen molar-refractivity contribution in [1.82, 2.24) is 4.90 Å². The summed E-state index contributed by atoms with van der Waals surface area (Å²) in [5.41, 5.74) is 0.393. The summed E-state index contributed by atoms with van der Waals surface area (Å²) in [6.45, 7) is 8.93. The lowest BCUT2D eigenvalue weighted by atomic mass is 9.77. The number of hydrogen-bond acceptors (Lipinski definition) is 8. The molecule has 0 spiro atoms. The Morgan fingerprint density at radius 1 is 0.935 bits per heavy atom. The van der Waals surface area contributed by atoms with Crippen LogP contribution >= 0.6 is 0 Å². The highest BCUT2D eigenvalue weighted by Gasteiger charge is 2.41. The topological polar surface area (TPSA) is 129 Å².